The Morgan fingerprint density at radius 3 is 2.54 bits per heavy atom. The topological polar surface area (TPSA) is 56.9 Å². The number of aliphatic hydroxyl groups is 1. The first-order chi connectivity index (χ1) is 13.6. The third kappa shape index (κ3) is 4.46. The van der Waals surface area contributed by atoms with Gasteiger partial charge in [-0.2, -0.15) is 0 Å². The van der Waals surface area contributed by atoms with Crippen molar-refractivity contribution < 1.29 is 14.3 Å². The second kappa shape index (κ2) is 8.58. The molecule has 3 fully saturated rings. The van der Waals surface area contributed by atoms with Crippen molar-refractivity contribution in [3.8, 4) is 0 Å². The number of carbonyl (C=O) groups excluding carboxylic acids is 1. The van der Waals surface area contributed by atoms with Gasteiger partial charge in [0, 0.05) is 25.4 Å². The molecule has 28 heavy (non-hydrogen) atoms. The second-order valence-corrected chi connectivity index (χ2v) is 9.38. The van der Waals surface area contributed by atoms with E-state index in [0.717, 1.165) is 82.6 Å². The van der Waals surface area contributed by atoms with E-state index in [0.29, 0.717) is 23.8 Å². The third-order valence-corrected chi connectivity index (χ3v) is 7.31. The zero-order chi connectivity index (χ0) is 19.6. The fourth-order valence-corrected chi connectivity index (χ4v) is 5.45. The molecule has 3 heterocycles. The van der Waals surface area contributed by atoms with Crippen molar-refractivity contribution in [2.75, 3.05) is 19.6 Å². The molecule has 156 valence electrons. The summed E-state index contributed by atoms with van der Waals surface area (Å²) in [5.41, 5.74) is 0.303. The Morgan fingerprint density at radius 2 is 1.82 bits per heavy atom. The van der Waals surface area contributed by atoms with Gasteiger partial charge >= 0.3 is 0 Å². The van der Waals surface area contributed by atoms with Crippen LogP contribution < -0.4 is 0 Å². The quantitative estimate of drug-likeness (QED) is 0.835. The third-order valence-electron chi connectivity index (χ3n) is 7.31. The Morgan fingerprint density at radius 1 is 1.11 bits per heavy atom. The smallest absolute Gasteiger partial charge is 0.222 e. The summed E-state index contributed by atoms with van der Waals surface area (Å²) in [6, 6.07) is 4.61. The van der Waals surface area contributed by atoms with E-state index in [2.05, 4.69) is 28.9 Å². The highest BCUT2D eigenvalue weighted by Crippen LogP contribution is 2.42. The summed E-state index contributed by atoms with van der Waals surface area (Å²) in [7, 11) is 0. The van der Waals surface area contributed by atoms with E-state index in [4.69, 9.17) is 4.42 Å². The van der Waals surface area contributed by atoms with E-state index in [9.17, 15) is 9.90 Å². The predicted octanol–water partition coefficient (Wildman–Crippen LogP) is 3.74. The van der Waals surface area contributed by atoms with E-state index in [1.807, 2.05) is 0 Å². The standard InChI is InChI=1S/C23H36N2O3/c1-2-3-20-8-9-21(28-20)16-24-14-12-23(13-15-24)11-10-22(27)25(17-23)18-4-6-19(26)7-5-18/h8-9,18-19,26H,2-7,10-17H2,1H3. The summed E-state index contributed by atoms with van der Waals surface area (Å²) in [5.74, 6) is 2.53. The minimum atomic E-state index is -0.159. The highest BCUT2D eigenvalue weighted by molar-refractivity contribution is 5.77. The van der Waals surface area contributed by atoms with Crippen LogP contribution in [0.3, 0.4) is 0 Å². The summed E-state index contributed by atoms with van der Waals surface area (Å²) in [6.45, 7) is 6.20. The molecule has 0 bridgehead atoms. The molecule has 0 aromatic carbocycles. The minimum absolute atomic E-state index is 0.159. The number of hydrogen-bond donors (Lipinski definition) is 1. The summed E-state index contributed by atoms with van der Waals surface area (Å²) in [5, 5.41) is 9.80. The number of nitrogens with zero attached hydrogens (tertiary/aromatic N) is 2. The highest BCUT2D eigenvalue weighted by Gasteiger charge is 2.43. The van der Waals surface area contributed by atoms with Gasteiger partial charge in [-0.05, 0) is 82.0 Å². The van der Waals surface area contributed by atoms with E-state index in [-0.39, 0.29) is 6.10 Å². The van der Waals surface area contributed by atoms with E-state index in [1.165, 1.54) is 12.8 Å². The molecule has 2 saturated heterocycles. The van der Waals surface area contributed by atoms with Gasteiger partial charge in [0.1, 0.15) is 11.5 Å². The van der Waals surface area contributed by atoms with Crippen LogP contribution in [0.5, 0.6) is 0 Å². The monoisotopic (exact) mass is 388 g/mol. The first-order valence-electron chi connectivity index (χ1n) is 11.3. The Hall–Kier alpha value is -1.33. The fourth-order valence-electron chi connectivity index (χ4n) is 5.45. The van der Waals surface area contributed by atoms with Gasteiger partial charge in [-0.3, -0.25) is 9.69 Å². The Balaban J connectivity index is 1.31. The SMILES string of the molecule is CCCc1ccc(CN2CCC3(CCC(=O)N(C4CCC(O)CC4)C3)CC2)o1. The van der Waals surface area contributed by atoms with Gasteiger partial charge in [-0.25, -0.2) is 0 Å². The average Bonchev–Trinajstić information content (AvgIpc) is 3.14. The zero-order valence-corrected chi connectivity index (χ0v) is 17.4. The van der Waals surface area contributed by atoms with Crippen molar-refractivity contribution in [3.05, 3.63) is 23.7 Å². The largest absolute Gasteiger partial charge is 0.465 e. The molecule has 1 aromatic heterocycles. The summed E-state index contributed by atoms with van der Waals surface area (Å²) >= 11 is 0. The normalized spacial score (nSPS) is 28.8. The van der Waals surface area contributed by atoms with Crippen LogP contribution in [0.25, 0.3) is 0 Å². The molecule has 0 unspecified atom stereocenters. The van der Waals surface area contributed by atoms with Crippen LogP contribution >= 0.6 is 0 Å². The van der Waals surface area contributed by atoms with Crippen LogP contribution in [-0.4, -0.2) is 52.6 Å². The van der Waals surface area contributed by atoms with Crippen LogP contribution in [-0.2, 0) is 17.8 Å². The van der Waals surface area contributed by atoms with Crippen LogP contribution in [0.2, 0.25) is 0 Å². The predicted molar refractivity (Wildman–Crippen MR) is 109 cm³/mol. The van der Waals surface area contributed by atoms with Crippen molar-refractivity contribution in [3.63, 3.8) is 0 Å². The highest BCUT2D eigenvalue weighted by atomic mass is 16.3. The van der Waals surface area contributed by atoms with Crippen LogP contribution in [0.15, 0.2) is 16.5 Å². The lowest BCUT2D eigenvalue weighted by atomic mass is 9.71. The number of likely N-dealkylation sites (tertiary alicyclic amines) is 2. The van der Waals surface area contributed by atoms with E-state index < -0.39 is 0 Å². The number of amides is 1. The minimum Gasteiger partial charge on any atom is -0.465 e. The molecule has 2 aliphatic heterocycles. The molecule has 0 radical (unpaired) electrons. The van der Waals surface area contributed by atoms with Gasteiger partial charge < -0.3 is 14.4 Å². The number of rotatable bonds is 5. The molecule has 5 heteroatoms. The molecule has 1 aliphatic carbocycles. The van der Waals surface area contributed by atoms with Crippen molar-refractivity contribution >= 4 is 5.91 Å². The molecule has 5 nitrogen and oxygen atoms in total. The van der Waals surface area contributed by atoms with Crippen LogP contribution in [0, 0.1) is 5.41 Å². The first kappa shape index (κ1) is 20.0. The lowest BCUT2D eigenvalue weighted by Crippen LogP contribution is -2.55. The molecular formula is C23H36N2O3. The summed E-state index contributed by atoms with van der Waals surface area (Å²) < 4.78 is 5.97. The van der Waals surface area contributed by atoms with Crippen LogP contribution in [0.4, 0.5) is 0 Å². The Kier molecular flexibility index (Phi) is 6.12. The maximum absolute atomic E-state index is 12.6. The lowest BCUT2D eigenvalue weighted by Gasteiger charge is -2.50. The van der Waals surface area contributed by atoms with E-state index >= 15 is 0 Å². The molecule has 0 atom stereocenters. The lowest BCUT2D eigenvalue weighted by molar-refractivity contribution is -0.144. The van der Waals surface area contributed by atoms with Gasteiger partial charge in [0.25, 0.3) is 0 Å². The van der Waals surface area contributed by atoms with Gasteiger partial charge in [0.2, 0.25) is 5.91 Å². The maximum Gasteiger partial charge on any atom is 0.222 e. The Bertz CT molecular complexity index is 655. The van der Waals surface area contributed by atoms with Crippen molar-refractivity contribution in [2.24, 2.45) is 5.41 Å². The van der Waals surface area contributed by atoms with Crippen LogP contribution in [0.1, 0.15) is 76.2 Å². The molecule has 1 saturated carbocycles. The number of hydrogen-bond acceptors (Lipinski definition) is 4. The molecule has 1 spiro atoms. The molecule has 1 aromatic rings. The second-order valence-electron chi connectivity index (χ2n) is 9.38. The average molecular weight is 389 g/mol. The number of aliphatic hydroxyl groups excluding tert-OH is 1. The van der Waals surface area contributed by atoms with Gasteiger partial charge in [-0.1, -0.05) is 6.92 Å². The van der Waals surface area contributed by atoms with Crippen molar-refractivity contribution in [1.82, 2.24) is 9.80 Å². The summed E-state index contributed by atoms with van der Waals surface area (Å²) in [4.78, 5) is 17.3. The number of aryl methyl sites for hydroxylation is 1. The first-order valence-corrected chi connectivity index (χ1v) is 11.3. The number of furan rings is 1. The van der Waals surface area contributed by atoms with Gasteiger partial charge in [0.15, 0.2) is 0 Å². The molecule has 1 N–H and O–H groups in total. The van der Waals surface area contributed by atoms with Crippen molar-refractivity contribution in [1.29, 1.82) is 0 Å². The zero-order valence-electron chi connectivity index (χ0n) is 17.4. The molecule has 3 aliphatic rings. The molecule has 1 amide bonds. The fraction of sp³-hybridized carbons (Fsp3) is 0.783. The van der Waals surface area contributed by atoms with Gasteiger partial charge in [0.05, 0.1) is 12.6 Å². The number of piperidine rings is 2. The van der Waals surface area contributed by atoms with Gasteiger partial charge in [-0.15, -0.1) is 0 Å². The maximum atomic E-state index is 12.6. The molecular weight excluding hydrogens is 352 g/mol. The Labute approximate surface area is 169 Å². The summed E-state index contributed by atoms with van der Waals surface area (Å²) in [6.07, 6.45) is 9.71. The van der Waals surface area contributed by atoms with Crippen molar-refractivity contribution in [2.45, 2.75) is 89.8 Å². The number of carbonyl (C=O) groups is 1. The molecule has 4 rings (SSSR count). The van der Waals surface area contributed by atoms with E-state index in [1.54, 1.807) is 0 Å².